The van der Waals surface area contributed by atoms with Crippen molar-refractivity contribution < 1.29 is 13.9 Å². The maximum absolute atomic E-state index is 14.2. The number of hydrogen-bond donors (Lipinski definition) is 1. The molecule has 0 aliphatic carbocycles. The molecule has 168 valence electrons. The van der Waals surface area contributed by atoms with Crippen molar-refractivity contribution in [1.82, 2.24) is 9.99 Å². The Morgan fingerprint density at radius 3 is 2.50 bits per heavy atom. The van der Waals surface area contributed by atoms with Crippen molar-refractivity contribution in [2.45, 2.75) is 6.54 Å². The van der Waals surface area contributed by atoms with E-state index in [0.29, 0.717) is 23.4 Å². The number of fused-ring (bicyclic) bond motifs is 2. The van der Waals surface area contributed by atoms with Crippen molar-refractivity contribution in [1.29, 1.82) is 0 Å². The molecule has 0 atom stereocenters. The summed E-state index contributed by atoms with van der Waals surface area (Å²) in [6, 6.07) is 26.0. The highest BCUT2D eigenvalue weighted by Gasteiger charge is 2.14. The van der Waals surface area contributed by atoms with E-state index in [4.69, 9.17) is 4.74 Å². The molecule has 0 unspecified atom stereocenters. The third-order valence-corrected chi connectivity index (χ3v) is 5.80. The summed E-state index contributed by atoms with van der Waals surface area (Å²) in [4.78, 5) is 12.9. The molecule has 0 saturated carbocycles. The monoisotopic (exact) mass is 451 g/mol. The first-order chi connectivity index (χ1) is 16.6. The van der Waals surface area contributed by atoms with Crippen molar-refractivity contribution in [3.05, 3.63) is 114 Å². The van der Waals surface area contributed by atoms with E-state index in [1.165, 1.54) is 13.2 Å². The number of rotatable bonds is 6. The van der Waals surface area contributed by atoms with E-state index in [1.807, 2.05) is 71.4 Å². The topological polar surface area (TPSA) is 55.6 Å². The molecule has 5 nitrogen and oxygen atoms in total. The van der Waals surface area contributed by atoms with Crippen LogP contribution in [0.3, 0.4) is 0 Å². The van der Waals surface area contributed by atoms with Gasteiger partial charge in [0.05, 0.1) is 25.4 Å². The van der Waals surface area contributed by atoms with Crippen LogP contribution in [-0.2, 0) is 6.54 Å². The zero-order valence-corrected chi connectivity index (χ0v) is 18.5. The first-order valence-electron chi connectivity index (χ1n) is 10.9. The number of carbonyl (C=O) groups excluding carboxylic acids is 1. The van der Waals surface area contributed by atoms with E-state index in [2.05, 4.69) is 10.5 Å². The molecule has 1 aromatic heterocycles. The molecular weight excluding hydrogens is 429 g/mol. The number of nitrogens with one attached hydrogen (secondary N) is 1. The van der Waals surface area contributed by atoms with Crippen LogP contribution in [0.4, 0.5) is 4.39 Å². The first kappa shape index (κ1) is 21.4. The second-order valence-electron chi connectivity index (χ2n) is 7.92. The van der Waals surface area contributed by atoms with E-state index in [1.54, 1.807) is 24.4 Å². The number of benzene rings is 4. The van der Waals surface area contributed by atoms with Crippen LogP contribution >= 0.6 is 0 Å². The summed E-state index contributed by atoms with van der Waals surface area (Å²) in [6.07, 6.45) is 3.51. The Bertz CT molecular complexity index is 1540. The highest BCUT2D eigenvalue weighted by molar-refractivity contribution is 6.03. The fourth-order valence-corrected chi connectivity index (χ4v) is 4.11. The van der Waals surface area contributed by atoms with Gasteiger partial charge in [-0.2, -0.15) is 5.10 Å². The number of aromatic nitrogens is 1. The summed E-state index contributed by atoms with van der Waals surface area (Å²) in [5.74, 6) is -0.131. The van der Waals surface area contributed by atoms with Crippen molar-refractivity contribution in [2.24, 2.45) is 5.10 Å². The Hall–Kier alpha value is -4.45. The Balaban J connectivity index is 1.41. The lowest BCUT2D eigenvalue weighted by Gasteiger charge is -2.09. The molecule has 4 aromatic carbocycles. The van der Waals surface area contributed by atoms with Gasteiger partial charge in [-0.15, -0.1) is 0 Å². The molecular formula is C28H22FN3O2. The zero-order chi connectivity index (χ0) is 23.5. The van der Waals surface area contributed by atoms with Gasteiger partial charge in [-0.05, 0) is 35.0 Å². The third-order valence-electron chi connectivity index (χ3n) is 5.80. The summed E-state index contributed by atoms with van der Waals surface area (Å²) < 4.78 is 21.6. The predicted octanol–water partition coefficient (Wildman–Crippen LogP) is 5.75. The number of amides is 1. The summed E-state index contributed by atoms with van der Waals surface area (Å²) in [7, 11) is 1.54. The molecule has 0 aliphatic rings. The quantitative estimate of drug-likeness (QED) is 0.264. The minimum Gasteiger partial charge on any atom is -0.496 e. The standard InChI is InChI=1S/C28H22FN3O2/c1-34-27-15-20-9-3-2-8-19(20)14-24(27)28(33)31-30-16-22-18-32(26-13-7-5-11-23(22)26)17-21-10-4-6-12-25(21)29/h2-16,18H,17H2,1H3,(H,31,33). The lowest BCUT2D eigenvalue weighted by Crippen LogP contribution is -2.18. The summed E-state index contributed by atoms with van der Waals surface area (Å²) in [5, 5.41) is 7.08. The van der Waals surface area contributed by atoms with Crippen LogP contribution in [0.25, 0.3) is 21.7 Å². The van der Waals surface area contributed by atoms with Crippen molar-refractivity contribution >= 4 is 33.8 Å². The number of para-hydroxylation sites is 1. The number of ether oxygens (including phenoxy) is 1. The molecule has 1 amide bonds. The van der Waals surface area contributed by atoms with Crippen molar-refractivity contribution in [3.63, 3.8) is 0 Å². The average molecular weight is 452 g/mol. The number of carbonyl (C=O) groups is 1. The number of hydrogen-bond acceptors (Lipinski definition) is 3. The normalized spacial score (nSPS) is 11.4. The minimum atomic E-state index is -0.367. The van der Waals surface area contributed by atoms with E-state index < -0.39 is 0 Å². The first-order valence-corrected chi connectivity index (χ1v) is 10.9. The van der Waals surface area contributed by atoms with Crippen LogP contribution in [0.1, 0.15) is 21.5 Å². The Morgan fingerprint density at radius 2 is 1.71 bits per heavy atom. The molecule has 0 aliphatic heterocycles. The van der Waals surface area contributed by atoms with Gasteiger partial charge in [-0.3, -0.25) is 4.79 Å². The SMILES string of the molecule is COc1cc2ccccc2cc1C(=O)NN=Cc1cn(Cc2ccccc2F)c2ccccc12. The zero-order valence-electron chi connectivity index (χ0n) is 18.5. The fraction of sp³-hybridized carbons (Fsp3) is 0.0714. The molecule has 1 heterocycles. The van der Waals surface area contributed by atoms with Gasteiger partial charge in [0, 0.05) is 28.2 Å². The number of hydrazone groups is 1. The maximum Gasteiger partial charge on any atom is 0.275 e. The van der Waals surface area contributed by atoms with Gasteiger partial charge in [0.25, 0.3) is 5.91 Å². The second-order valence-corrected chi connectivity index (χ2v) is 7.92. The molecule has 0 fully saturated rings. The molecule has 1 N–H and O–H groups in total. The molecule has 5 rings (SSSR count). The Kier molecular flexibility index (Phi) is 5.79. The van der Waals surface area contributed by atoms with E-state index >= 15 is 0 Å². The van der Waals surface area contributed by atoms with Gasteiger partial charge in [-0.25, -0.2) is 9.82 Å². The minimum absolute atomic E-state index is 0.243. The van der Waals surface area contributed by atoms with Crippen molar-refractivity contribution in [2.75, 3.05) is 7.11 Å². The van der Waals surface area contributed by atoms with Gasteiger partial charge in [0.2, 0.25) is 0 Å². The summed E-state index contributed by atoms with van der Waals surface area (Å²) >= 11 is 0. The van der Waals surface area contributed by atoms with Crippen LogP contribution in [0.5, 0.6) is 5.75 Å². The van der Waals surface area contributed by atoms with Crippen LogP contribution in [0.15, 0.2) is 96.2 Å². The molecule has 5 aromatic rings. The largest absolute Gasteiger partial charge is 0.496 e. The highest BCUT2D eigenvalue weighted by Crippen LogP contribution is 2.26. The van der Waals surface area contributed by atoms with Crippen LogP contribution < -0.4 is 10.2 Å². The van der Waals surface area contributed by atoms with Gasteiger partial charge < -0.3 is 9.30 Å². The lowest BCUT2D eigenvalue weighted by molar-refractivity contribution is 0.0952. The third kappa shape index (κ3) is 4.13. The Morgan fingerprint density at radius 1 is 1.00 bits per heavy atom. The Labute approximate surface area is 196 Å². The molecule has 0 radical (unpaired) electrons. The number of nitrogens with zero attached hydrogens (tertiary/aromatic N) is 2. The van der Waals surface area contributed by atoms with Gasteiger partial charge >= 0.3 is 0 Å². The predicted molar refractivity (Wildman–Crippen MR) is 133 cm³/mol. The molecule has 0 bridgehead atoms. The van der Waals surface area contributed by atoms with E-state index in [9.17, 15) is 9.18 Å². The van der Waals surface area contributed by atoms with Crippen molar-refractivity contribution in [3.8, 4) is 5.75 Å². The number of methoxy groups -OCH3 is 1. The smallest absolute Gasteiger partial charge is 0.275 e. The number of halogens is 1. The summed E-state index contributed by atoms with van der Waals surface area (Å²) in [5.41, 5.74) is 5.38. The van der Waals surface area contributed by atoms with E-state index in [0.717, 1.165) is 27.2 Å². The fourth-order valence-electron chi connectivity index (χ4n) is 4.11. The van der Waals surface area contributed by atoms with Gasteiger partial charge in [0.1, 0.15) is 11.6 Å². The maximum atomic E-state index is 14.2. The average Bonchev–Trinajstić information content (AvgIpc) is 3.22. The van der Waals surface area contributed by atoms with Crippen LogP contribution in [-0.4, -0.2) is 23.8 Å². The van der Waals surface area contributed by atoms with Crippen LogP contribution in [0.2, 0.25) is 0 Å². The molecule has 34 heavy (non-hydrogen) atoms. The summed E-state index contributed by atoms with van der Waals surface area (Å²) in [6.45, 7) is 0.391. The molecule has 0 saturated heterocycles. The van der Waals surface area contributed by atoms with Crippen LogP contribution in [0, 0.1) is 5.82 Å². The highest BCUT2D eigenvalue weighted by atomic mass is 19.1. The van der Waals surface area contributed by atoms with E-state index in [-0.39, 0.29) is 11.7 Å². The molecule has 0 spiro atoms. The lowest BCUT2D eigenvalue weighted by atomic mass is 10.1. The second kappa shape index (κ2) is 9.19. The van der Waals surface area contributed by atoms with Gasteiger partial charge in [0.15, 0.2) is 0 Å². The van der Waals surface area contributed by atoms with Gasteiger partial charge in [-0.1, -0.05) is 60.7 Å². The molecule has 6 heteroatoms.